The van der Waals surface area contributed by atoms with Gasteiger partial charge in [-0.05, 0) is 12.5 Å². The van der Waals surface area contributed by atoms with Gasteiger partial charge in [0.15, 0.2) is 5.13 Å². The third-order valence-corrected chi connectivity index (χ3v) is 5.26. The molecule has 0 fully saturated rings. The number of aromatic nitrogens is 1. The molecule has 1 heterocycles. The molecule has 20 heavy (non-hydrogen) atoms. The lowest BCUT2D eigenvalue weighted by atomic mass is 10.2. The van der Waals surface area contributed by atoms with Crippen molar-refractivity contribution in [3.05, 3.63) is 34.7 Å². The minimum atomic E-state index is -3.40. The quantitative estimate of drug-likeness (QED) is 0.805. The van der Waals surface area contributed by atoms with Gasteiger partial charge < -0.3 is 0 Å². The van der Waals surface area contributed by atoms with Gasteiger partial charge in [0.05, 0.1) is 11.4 Å². The first kappa shape index (κ1) is 15.6. The number of hydrogen-bond acceptors (Lipinski definition) is 4. The molecular formula is C12H12Cl2N2O2S2. The topological polar surface area (TPSA) is 59.1 Å². The number of anilines is 1. The van der Waals surface area contributed by atoms with E-state index in [0.29, 0.717) is 28.1 Å². The standard InChI is InChI=1S/C12H12Cl2N2O2S2/c13-6-3-7-20(17,18)16-12-15-11(8-19-12)9-4-1-2-5-10(9)14/h1-2,4-5,8H,3,6-7H2,(H,15,16). The van der Waals surface area contributed by atoms with E-state index < -0.39 is 10.0 Å². The maximum absolute atomic E-state index is 11.7. The first-order chi connectivity index (χ1) is 9.52. The van der Waals surface area contributed by atoms with Crippen LogP contribution in [0, 0.1) is 0 Å². The molecule has 0 spiro atoms. The molecule has 0 amide bonds. The molecule has 1 N–H and O–H groups in total. The Balaban J connectivity index is 2.16. The molecule has 8 heteroatoms. The van der Waals surface area contributed by atoms with Crippen molar-refractivity contribution in [2.24, 2.45) is 0 Å². The number of thiazole rings is 1. The van der Waals surface area contributed by atoms with Crippen LogP contribution in [-0.2, 0) is 10.0 Å². The molecule has 1 aromatic carbocycles. The van der Waals surface area contributed by atoms with E-state index in [4.69, 9.17) is 23.2 Å². The predicted octanol–water partition coefficient (Wildman–Crippen LogP) is 3.83. The highest BCUT2D eigenvalue weighted by atomic mass is 35.5. The smallest absolute Gasteiger partial charge is 0.234 e. The number of alkyl halides is 1. The zero-order valence-corrected chi connectivity index (χ0v) is 13.5. The predicted molar refractivity (Wildman–Crippen MR) is 85.3 cm³/mol. The highest BCUT2D eigenvalue weighted by molar-refractivity contribution is 7.92. The van der Waals surface area contributed by atoms with Crippen molar-refractivity contribution in [3.63, 3.8) is 0 Å². The van der Waals surface area contributed by atoms with Crippen molar-refractivity contribution in [1.29, 1.82) is 0 Å². The summed E-state index contributed by atoms with van der Waals surface area (Å²) in [5, 5.41) is 2.67. The number of benzene rings is 1. The molecule has 4 nitrogen and oxygen atoms in total. The fourth-order valence-corrected chi connectivity index (χ4v) is 4.13. The average Bonchev–Trinajstić information content (AvgIpc) is 2.84. The first-order valence-corrected chi connectivity index (χ1v) is 9.23. The van der Waals surface area contributed by atoms with Crippen LogP contribution >= 0.6 is 34.5 Å². The summed E-state index contributed by atoms with van der Waals surface area (Å²) in [6.07, 6.45) is 0.402. The molecule has 2 aromatic rings. The van der Waals surface area contributed by atoms with Crippen LogP contribution in [0.15, 0.2) is 29.6 Å². The zero-order chi connectivity index (χ0) is 14.6. The van der Waals surface area contributed by atoms with Crippen LogP contribution in [0.25, 0.3) is 11.3 Å². The summed E-state index contributed by atoms with van der Waals surface area (Å²) in [5.41, 5.74) is 1.42. The van der Waals surface area contributed by atoms with E-state index in [2.05, 4.69) is 9.71 Å². The highest BCUT2D eigenvalue weighted by Gasteiger charge is 2.13. The summed E-state index contributed by atoms with van der Waals surface area (Å²) in [5.74, 6) is 0.293. The molecule has 1 aromatic heterocycles. The number of rotatable bonds is 6. The summed E-state index contributed by atoms with van der Waals surface area (Å²) in [4.78, 5) is 4.25. The van der Waals surface area contributed by atoms with Crippen molar-refractivity contribution >= 4 is 49.7 Å². The summed E-state index contributed by atoms with van der Waals surface area (Å²) >= 11 is 12.8. The van der Waals surface area contributed by atoms with Crippen molar-refractivity contribution < 1.29 is 8.42 Å². The zero-order valence-electron chi connectivity index (χ0n) is 10.3. The lowest BCUT2D eigenvalue weighted by Gasteiger charge is -2.03. The normalized spacial score (nSPS) is 11.5. The monoisotopic (exact) mass is 350 g/mol. The largest absolute Gasteiger partial charge is 0.259 e. The van der Waals surface area contributed by atoms with Gasteiger partial charge in [-0.25, -0.2) is 13.4 Å². The van der Waals surface area contributed by atoms with E-state index in [9.17, 15) is 8.42 Å². The molecule has 108 valence electrons. The van der Waals surface area contributed by atoms with Gasteiger partial charge in [0.25, 0.3) is 0 Å². The molecule has 0 aliphatic rings. The van der Waals surface area contributed by atoms with Gasteiger partial charge in [0.1, 0.15) is 0 Å². The highest BCUT2D eigenvalue weighted by Crippen LogP contribution is 2.30. The van der Waals surface area contributed by atoms with Gasteiger partial charge >= 0.3 is 0 Å². The van der Waals surface area contributed by atoms with E-state index in [0.717, 1.165) is 5.56 Å². The first-order valence-electron chi connectivity index (χ1n) is 5.79. The van der Waals surface area contributed by atoms with Crippen molar-refractivity contribution in [1.82, 2.24) is 4.98 Å². The van der Waals surface area contributed by atoms with E-state index in [1.54, 1.807) is 11.4 Å². The Bertz CT molecular complexity index is 686. The Morgan fingerprint density at radius 2 is 2.05 bits per heavy atom. The molecule has 2 rings (SSSR count). The molecule has 0 saturated carbocycles. The van der Waals surface area contributed by atoms with E-state index in [1.165, 1.54) is 11.3 Å². The maximum atomic E-state index is 11.7. The third kappa shape index (κ3) is 4.09. The molecule has 0 saturated heterocycles. The van der Waals surface area contributed by atoms with Crippen LogP contribution in [0.3, 0.4) is 0 Å². The molecule has 0 aliphatic heterocycles. The Morgan fingerprint density at radius 1 is 1.30 bits per heavy atom. The van der Waals surface area contributed by atoms with Crippen molar-refractivity contribution in [2.75, 3.05) is 16.4 Å². The number of hydrogen-bond donors (Lipinski definition) is 1. The van der Waals surface area contributed by atoms with Crippen LogP contribution in [0.2, 0.25) is 5.02 Å². The Kier molecular flexibility index (Phi) is 5.26. The SMILES string of the molecule is O=S(=O)(CCCCl)Nc1nc(-c2ccccc2Cl)cs1. The lowest BCUT2D eigenvalue weighted by Crippen LogP contribution is -2.16. The van der Waals surface area contributed by atoms with Gasteiger partial charge in [-0.1, -0.05) is 29.8 Å². The maximum Gasteiger partial charge on any atom is 0.234 e. The lowest BCUT2D eigenvalue weighted by molar-refractivity contribution is 0.600. The number of nitrogens with one attached hydrogen (secondary N) is 1. The van der Waals surface area contributed by atoms with Gasteiger partial charge in [-0.15, -0.1) is 22.9 Å². The summed E-state index contributed by atoms with van der Waals surface area (Å²) in [7, 11) is -3.40. The molecule has 0 bridgehead atoms. The van der Waals surface area contributed by atoms with Crippen molar-refractivity contribution in [3.8, 4) is 11.3 Å². The molecule has 0 radical (unpaired) electrons. The Hall–Kier alpha value is -0.820. The van der Waals surface area contributed by atoms with Crippen LogP contribution in [0.1, 0.15) is 6.42 Å². The van der Waals surface area contributed by atoms with E-state index >= 15 is 0 Å². The molecule has 0 aliphatic carbocycles. The fourth-order valence-electron chi connectivity index (χ4n) is 1.54. The second kappa shape index (κ2) is 6.76. The van der Waals surface area contributed by atoms with Gasteiger partial charge in [0.2, 0.25) is 10.0 Å². The van der Waals surface area contributed by atoms with Gasteiger partial charge in [0, 0.05) is 21.8 Å². The second-order valence-electron chi connectivity index (χ2n) is 3.98. The van der Waals surface area contributed by atoms with Crippen molar-refractivity contribution in [2.45, 2.75) is 6.42 Å². The Morgan fingerprint density at radius 3 is 2.75 bits per heavy atom. The van der Waals surface area contributed by atoms with E-state index in [-0.39, 0.29) is 5.75 Å². The van der Waals surface area contributed by atoms with Crippen LogP contribution < -0.4 is 4.72 Å². The van der Waals surface area contributed by atoms with Crippen LogP contribution in [0.4, 0.5) is 5.13 Å². The number of halogens is 2. The summed E-state index contributed by atoms with van der Waals surface area (Å²) in [6, 6.07) is 7.28. The number of sulfonamides is 1. The van der Waals surface area contributed by atoms with Gasteiger partial charge in [-0.2, -0.15) is 0 Å². The molecule has 0 atom stereocenters. The summed E-state index contributed by atoms with van der Waals surface area (Å²) < 4.78 is 25.9. The second-order valence-corrected chi connectivity index (χ2v) is 7.47. The minimum absolute atomic E-state index is 0.0164. The fraction of sp³-hybridized carbons (Fsp3) is 0.250. The minimum Gasteiger partial charge on any atom is -0.259 e. The number of nitrogens with zero attached hydrogens (tertiary/aromatic N) is 1. The van der Waals surface area contributed by atoms with Crippen LogP contribution in [0.5, 0.6) is 0 Å². The molecular weight excluding hydrogens is 339 g/mol. The molecule has 0 unspecified atom stereocenters. The summed E-state index contributed by atoms with van der Waals surface area (Å²) in [6.45, 7) is 0. The third-order valence-electron chi connectivity index (χ3n) is 2.44. The van der Waals surface area contributed by atoms with Crippen LogP contribution in [-0.4, -0.2) is 25.0 Å². The van der Waals surface area contributed by atoms with E-state index in [1.807, 2.05) is 18.2 Å². The van der Waals surface area contributed by atoms with Gasteiger partial charge in [-0.3, -0.25) is 4.72 Å². The Labute approximate surface area is 131 Å². The average molecular weight is 351 g/mol.